The van der Waals surface area contributed by atoms with Crippen LogP contribution < -0.4 is 10.4 Å². The summed E-state index contributed by atoms with van der Waals surface area (Å²) in [6, 6.07) is 21.2. The Bertz CT molecular complexity index is 1390. The van der Waals surface area contributed by atoms with Gasteiger partial charge < -0.3 is 61.3 Å². The van der Waals surface area contributed by atoms with Crippen molar-refractivity contribution in [3.63, 3.8) is 0 Å². The predicted octanol–water partition coefficient (Wildman–Crippen LogP) is 2.69. The van der Waals surface area contributed by atoms with Crippen molar-refractivity contribution >= 4 is 30.5 Å². The van der Waals surface area contributed by atoms with Gasteiger partial charge in [-0.1, -0.05) is 81.4 Å². The van der Waals surface area contributed by atoms with Crippen molar-refractivity contribution in [1.29, 1.82) is 0 Å². The lowest BCUT2D eigenvalue weighted by atomic mass is 10.2. The first-order valence-electron chi connectivity index (χ1n) is 22.1. The second-order valence-corrected chi connectivity index (χ2v) is 19.3. The molecule has 0 fully saturated rings. The van der Waals surface area contributed by atoms with Gasteiger partial charge in [0.05, 0.1) is 172 Å². The molecule has 0 saturated heterocycles. The van der Waals surface area contributed by atoms with Crippen LogP contribution in [0.15, 0.2) is 72.8 Å². The summed E-state index contributed by atoms with van der Waals surface area (Å²) in [5.74, 6) is -0.617. The highest BCUT2D eigenvalue weighted by atomic mass is 28.4. The molecule has 2 aromatic rings. The molecule has 0 aliphatic carbocycles. The maximum absolute atomic E-state index is 11.4. The molecular formula is C46H73NO15Si. The highest BCUT2D eigenvalue weighted by molar-refractivity contribution is 6.99. The van der Waals surface area contributed by atoms with E-state index in [2.05, 4.69) is 81.4 Å². The topological polar surface area (TPSA) is 157 Å². The standard InChI is InChI=1S/C46H73NO15Si/c1-46(2,3)63(42-10-6-4-7-11-42,43-12-8-5-9-13-43)62-41-40-61-39-38-60-37-36-59-35-34-58-33-32-57-31-30-56-29-28-55-27-26-54-25-24-53-23-22-52-21-20-51-19-18-50-17-16-47-44(48)14-15-45(47)49/h4-15H,16-41H2,1-3H3. The molecule has 1 aliphatic rings. The van der Waals surface area contributed by atoms with Gasteiger partial charge in [-0.15, -0.1) is 0 Å². The van der Waals surface area contributed by atoms with Crippen molar-refractivity contribution in [3.8, 4) is 0 Å². The number of benzene rings is 2. The number of amides is 2. The van der Waals surface area contributed by atoms with Crippen LogP contribution in [0.1, 0.15) is 20.8 Å². The van der Waals surface area contributed by atoms with Crippen LogP contribution in [0.4, 0.5) is 0 Å². The molecule has 356 valence electrons. The zero-order valence-electron chi connectivity index (χ0n) is 37.9. The zero-order chi connectivity index (χ0) is 44.9. The van der Waals surface area contributed by atoms with Crippen molar-refractivity contribution in [2.75, 3.05) is 172 Å². The number of nitrogens with zero attached hydrogens (tertiary/aromatic N) is 1. The van der Waals surface area contributed by atoms with Crippen LogP contribution in [-0.4, -0.2) is 197 Å². The van der Waals surface area contributed by atoms with Gasteiger partial charge in [-0.25, -0.2) is 0 Å². The lowest BCUT2D eigenvalue weighted by Gasteiger charge is -2.43. The molecule has 0 saturated carbocycles. The van der Waals surface area contributed by atoms with Crippen LogP contribution >= 0.6 is 0 Å². The minimum Gasteiger partial charge on any atom is -0.405 e. The van der Waals surface area contributed by atoms with Crippen LogP contribution in [0.3, 0.4) is 0 Å². The first kappa shape index (κ1) is 54.4. The van der Waals surface area contributed by atoms with Gasteiger partial charge >= 0.3 is 0 Å². The van der Waals surface area contributed by atoms with Crippen LogP contribution in [0.2, 0.25) is 5.04 Å². The molecule has 0 spiro atoms. The smallest absolute Gasteiger partial charge is 0.261 e. The largest absolute Gasteiger partial charge is 0.405 e. The Morgan fingerprint density at radius 2 is 0.603 bits per heavy atom. The van der Waals surface area contributed by atoms with E-state index < -0.39 is 8.32 Å². The normalized spacial score (nSPS) is 13.2. The van der Waals surface area contributed by atoms with E-state index in [1.54, 1.807) is 0 Å². The van der Waals surface area contributed by atoms with E-state index in [1.807, 2.05) is 0 Å². The lowest BCUT2D eigenvalue weighted by Crippen LogP contribution is -2.66. The first-order chi connectivity index (χ1) is 30.9. The minimum atomic E-state index is -2.55. The minimum absolute atomic E-state index is 0.0648. The molecule has 0 bridgehead atoms. The van der Waals surface area contributed by atoms with Crippen molar-refractivity contribution in [2.45, 2.75) is 25.8 Å². The number of hydrogen-bond acceptors (Lipinski definition) is 15. The van der Waals surface area contributed by atoms with Crippen LogP contribution in [0.5, 0.6) is 0 Å². The third-order valence-corrected chi connectivity index (χ3v) is 14.5. The van der Waals surface area contributed by atoms with Gasteiger partial charge in [0.25, 0.3) is 20.1 Å². The number of rotatable bonds is 42. The van der Waals surface area contributed by atoms with Gasteiger partial charge in [-0.2, -0.15) is 0 Å². The average Bonchev–Trinajstić information content (AvgIpc) is 3.61. The van der Waals surface area contributed by atoms with Gasteiger partial charge in [-0.3, -0.25) is 14.5 Å². The summed E-state index contributed by atoms with van der Waals surface area (Å²) >= 11 is 0. The first-order valence-corrected chi connectivity index (χ1v) is 24.0. The third kappa shape index (κ3) is 23.7. The number of ether oxygens (including phenoxy) is 12. The van der Waals surface area contributed by atoms with Gasteiger partial charge in [0.2, 0.25) is 0 Å². The lowest BCUT2D eigenvalue weighted by molar-refractivity contribution is -0.137. The fraction of sp³-hybridized carbons (Fsp3) is 0.652. The summed E-state index contributed by atoms with van der Waals surface area (Å²) in [7, 11) is -2.55. The molecule has 2 amide bonds. The van der Waals surface area contributed by atoms with E-state index in [0.717, 1.165) is 4.90 Å². The predicted molar refractivity (Wildman–Crippen MR) is 239 cm³/mol. The van der Waals surface area contributed by atoms with E-state index in [4.69, 9.17) is 61.3 Å². The van der Waals surface area contributed by atoms with Gasteiger partial charge in [0.1, 0.15) is 0 Å². The number of carbonyl (C=O) groups excluding carboxylic acids is 2. The van der Waals surface area contributed by atoms with Crippen LogP contribution in [-0.2, 0) is 70.9 Å². The Balaban J connectivity index is 0.962. The Morgan fingerprint density at radius 3 is 0.857 bits per heavy atom. The Labute approximate surface area is 375 Å². The molecule has 3 rings (SSSR count). The fourth-order valence-electron chi connectivity index (χ4n) is 6.34. The van der Waals surface area contributed by atoms with E-state index in [-0.39, 0.29) is 30.0 Å². The molecule has 1 aliphatic heterocycles. The summed E-state index contributed by atoms with van der Waals surface area (Å²) in [5, 5.41) is 2.46. The highest BCUT2D eigenvalue weighted by Crippen LogP contribution is 2.36. The maximum atomic E-state index is 11.4. The molecule has 1 heterocycles. The second kappa shape index (κ2) is 35.3. The molecule has 0 unspecified atom stereocenters. The maximum Gasteiger partial charge on any atom is 0.261 e. The van der Waals surface area contributed by atoms with Gasteiger partial charge in [0.15, 0.2) is 0 Å². The summed E-state index contributed by atoms with van der Waals surface area (Å²) < 4.78 is 73.3. The fourth-order valence-corrected chi connectivity index (χ4v) is 10.9. The van der Waals surface area contributed by atoms with Gasteiger partial charge in [-0.05, 0) is 15.4 Å². The van der Waals surface area contributed by atoms with Crippen LogP contribution in [0, 0.1) is 0 Å². The highest BCUT2D eigenvalue weighted by Gasteiger charge is 2.50. The monoisotopic (exact) mass is 907 g/mol. The Morgan fingerprint density at radius 1 is 0.365 bits per heavy atom. The van der Waals surface area contributed by atoms with Crippen LogP contribution in [0.25, 0.3) is 0 Å². The summed E-state index contributed by atoms with van der Waals surface area (Å²) in [6.07, 6.45) is 2.51. The molecule has 17 heteroatoms. The quantitative estimate of drug-likeness (QED) is 0.0544. The van der Waals surface area contributed by atoms with E-state index in [0.29, 0.717) is 159 Å². The summed E-state index contributed by atoms with van der Waals surface area (Å²) in [6.45, 7) is 18.7. The molecule has 0 aromatic heterocycles. The van der Waals surface area contributed by atoms with Crippen molar-refractivity contribution in [1.82, 2.24) is 4.90 Å². The molecule has 0 N–H and O–H groups in total. The number of imide groups is 1. The molecule has 2 aromatic carbocycles. The number of hydrogen-bond donors (Lipinski definition) is 0. The van der Waals surface area contributed by atoms with Crippen molar-refractivity contribution < 1.29 is 70.9 Å². The van der Waals surface area contributed by atoms with Crippen molar-refractivity contribution in [3.05, 3.63) is 72.8 Å². The second-order valence-electron chi connectivity index (χ2n) is 15.0. The summed E-state index contributed by atoms with van der Waals surface area (Å²) in [4.78, 5) is 24.0. The number of carbonyl (C=O) groups is 2. The van der Waals surface area contributed by atoms with Gasteiger partial charge in [0, 0.05) is 12.2 Å². The SMILES string of the molecule is CC(C)(C)[Si](OCCOCCOCCOCCOCCOCCOCCOCCOCCOCCOCCOCCOCCN1C(=O)C=CC1=O)(c1ccccc1)c1ccccc1. The molecule has 0 radical (unpaired) electrons. The van der Waals surface area contributed by atoms with E-state index >= 15 is 0 Å². The zero-order valence-corrected chi connectivity index (χ0v) is 38.9. The van der Waals surface area contributed by atoms with E-state index in [9.17, 15) is 9.59 Å². The van der Waals surface area contributed by atoms with E-state index in [1.165, 1.54) is 22.5 Å². The Kier molecular flexibility index (Phi) is 30.5. The molecule has 0 atom stereocenters. The summed E-state index contributed by atoms with van der Waals surface area (Å²) in [5.41, 5.74) is 0. The van der Waals surface area contributed by atoms with Crippen molar-refractivity contribution in [2.24, 2.45) is 0 Å². The average molecular weight is 908 g/mol. The molecule has 16 nitrogen and oxygen atoms in total. The molecule has 63 heavy (non-hydrogen) atoms. The molecular weight excluding hydrogens is 835 g/mol. The Hall–Kier alpha value is -2.98. The third-order valence-electron chi connectivity index (χ3n) is 9.41.